The number of rotatable bonds is 0. The monoisotopic (exact) mass is 359 g/mol. The van der Waals surface area contributed by atoms with Gasteiger partial charge in [0.05, 0.1) is 24.3 Å². The minimum atomic E-state index is 0.391. The molecule has 5 heteroatoms. The van der Waals surface area contributed by atoms with Crippen LogP contribution >= 0.6 is 38.5 Å². The van der Waals surface area contributed by atoms with Crippen LogP contribution in [-0.2, 0) is 0 Å². The van der Waals surface area contributed by atoms with Crippen molar-refractivity contribution in [2.24, 2.45) is 0 Å². The fourth-order valence-electron chi connectivity index (χ4n) is 2.63. The Morgan fingerprint density at radius 2 is 1.23 bits per heavy atom. The third kappa shape index (κ3) is 2.04. The van der Waals surface area contributed by atoms with Gasteiger partial charge in [0.2, 0.25) is 0 Å². The molecule has 4 aliphatic heterocycles. The maximum atomic E-state index is 3.83. The maximum Gasteiger partial charge on any atom is 0.0640 e. The predicted octanol–water partition coefficient (Wildman–Crippen LogP) is 0.991. The summed E-state index contributed by atoms with van der Waals surface area (Å²) < 4.78 is 0.391. The van der Waals surface area contributed by atoms with Gasteiger partial charge in [-0.15, -0.1) is 0 Å². The number of hydrogen-bond acceptors (Lipinski definition) is 3. The summed E-state index contributed by atoms with van der Waals surface area (Å²) in [6.45, 7) is 7.26. The van der Waals surface area contributed by atoms with Crippen molar-refractivity contribution in [3.63, 3.8) is 0 Å². The zero-order chi connectivity index (χ0) is 9.47. The van der Waals surface area contributed by atoms with Crippen molar-refractivity contribution in [1.82, 2.24) is 14.7 Å². The van der Waals surface area contributed by atoms with Gasteiger partial charge in [-0.05, 0) is 4.93 Å². The molecular weight excluding hydrogens is 345 g/mol. The van der Waals surface area contributed by atoms with E-state index in [0.29, 0.717) is 4.32 Å². The van der Waals surface area contributed by atoms with Crippen molar-refractivity contribution in [1.29, 1.82) is 0 Å². The summed E-state index contributed by atoms with van der Waals surface area (Å²) >= 11 is 5.98. The smallest absolute Gasteiger partial charge is 0.0640 e. The third-order valence-electron chi connectivity index (χ3n) is 2.72. The second kappa shape index (κ2) is 3.92. The molecule has 0 atom stereocenters. The molecule has 0 saturated carbocycles. The molecule has 13 heavy (non-hydrogen) atoms. The first-order valence-electron chi connectivity index (χ1n) is 4.47. The van der Waals surface area contributed by atoms with Crippen LogP contribution < -0.4 is 0 Å². The zero-order valence-electron chi connectivity index (χ0n) is 7.84. The Labute approximate surface area is 102 Å². The second-order valence-corrected chi connectivity index (χ2v) is 5.74. The van der Waals surface area contributed by atoms with Gasteiger partial charge in [0, 0.05) is 19.6 Å². The Hall–Kier alpha value is 1.09. The van der Waals surface area contributed by atoms with E-state index in [2.05, 4.69) is 53.2 Å². The number of nitrogens with zero attached hydrogens (tertiary/aromatic N) is 3. The Morgan fingerprint density at radius 3 is 1.46 bits per heavy atom. The van der Waals surface area contributed by atoms with Gasteiger partial charge >= 0.3 is 0 Å². The van der Waals surface area contributed by atoms with Gasteiger partial charge in [-0.1, -0.05) is 38.5 Å². The highest BCUT2D eigenvalue weighted by Crippen LogP contribution is 2.34. The van der Waals surface area contributed by atoms with Crippen molar-refractivity contribution in [2.45, 2.75) is 4.32 Å². The van der Waals surface area contributed by atoms with E-state index in [4.69, 9.17) is 0 Å². The first-order valence-corrected chi connectivity index (χ1v) is 7.42. The molecule has 4 rings (SSSR count). The first kappa shape index (κ1) is 10.6. The van der Waals surface area contributed by atoms with E-state index in [0.717, 1.165) is 0 Å². The average Bonchev–Trinajstić information content (AvgIpc) is 2.02. The molecule has 4 heterocycles. The number of hydrogen-bond donors (Lipinski definition) is 0. The van der Waals surface area contributed by atoms with Crippen molar-refractivity contribution in [3.05, 3.63) is 0 Å². The molecule has 0 aliphatic carbocycles. The molecule has 0 N–H and O–H groups in total. The minimum absolute atomic E-state index is 0.391. The Kier molecular flexibility index (Phi) is 3.20. The van der Waals surface area contributed by atoms with Gasteiger partial charge in [-0.25, -0.2) is 0 Å². The highest BCUT2D eigenvalue weighted by molar-refractivity contribution is 14.1. The van der Waals surface area contributed by atoms with E-state index in [1.54, 1.807) is 0 Å². The van der Waals surface area contributed by atoms with Crippen molar-refractivity contribution in [3.8, 4) is 0 Å². The van der Waals surface area contributed by atoms with Crippen LogP contribution in [0.2, 0.25) is 0 Å². The lowest BCUT2D eigenvalue weighted by atomic mass is 10.0. The van der Waals surface area contributed by atoms with Crippen LogP contribution in [0.4, 0.5) is 0 Å². The molecule has 0 spiro atoms. The Balaban J connectivity index is 0.000000308. The fraction of sp³-hybridized carbons (Fsp3) is 1.00. The SMILES string of the molecule is BrC12CN3CN(CN(C3)C1)C2.CI. The molecule has 0 radical (unpaired) electrons. The summed E-state index contributed by atoms with van der Waals surface area (Å²) in [7, 11) is 0. The van der Waals surface area contributed by atoms with Gasteiger partial charge in [-0.3, -0.25) is 14.7 Å². The lowest BCUT2D eigenvalue weighted by Crippen LogP contribution is -2.73. The summed E-state index contributed by atoms with van der Waals surface area (Å²) in [4.78, 5) is 9.49. The first-order chi connectivity index (χ1) is 6.23. The number of alkyl halides is 2. The molecule has 4 saturated heterocycles. The van der Waals surface area contributed by atoms with Crippen LogP contribution in [0.1, 0.15) is 0 Å². The molecule has 0 unspecified atom stereocenters. The normalized spacial score (nSPS) is 51.5. The highest BCUT2D eigenvalue weighted by Gasteiger charge is 2.46. The van der Waals surface area contributed by atoms with Gasteiger partial charge in [0.25, 0.3) is 0 Å². The lowest BCUT2D eigenvalue weighted by Gasteiger charge is -2.58. The summed E-state index contributed by atoms with van der Waals surface area (Å²) in [6, 6.07) is 0. The lowest BCUT2D eigenvalue weighted by molar-refractivity contribution is -0.116. The van der Waals surface area contributed by atoms with Gasteiger partial charge in [-0.2, -0.15) is 0 Å². The van der Waals surface area contributed by atoms with Gasteiger partial charge < -0.3 is 0 Å². The largest absolute Gasteiger partial charge is 0.276 e. The van der Waals surface area contributed by atoms with Gasteiger partial charge in [0.15, 0.2) is 0 Å². The summed E-state index contributed by atoms with van der Waals surface area (Å²) in [6.07, 6.45) is 0. The molecule has 0 aromatic heterocycles. The Morgan fingerprint density at radius 1 is 0.923 bits per heavy atom. The molecule has 4 fully saturated rings. The zero-order valence-corrected chi connectivity index (χ0v) is 11.6. The van der Waals surface area contributed by atoms with Gasteiger partial charge in [0.1, 0.15) is 0 Å². The van der Waals surface area contributed by atoms with Crippen LogP contribution in [-0.4, -0.2) is 63.6 Å². The van der Waals surface area contributed by atoms with E-state index in [1.807, 2.05) is 4.93 Å². The molecule has 3 nitrogen and oxygen atoms in total. The second-order valence-electron chi connectivity index (χ2n) is 4.06. The highest BCUT2D eigenvalue weighted by atomic mass is 127. The minimum Gasteiger partial charge on any atom is -0.276 e. The van der Waals surface area contributed by atoms with Crippen molar-refractivity contribution >= 4 is 38.5 Å². The Bertz CT molecular complexity index is 165. The topological polar surface area (TPSA) is 9.72 Å². The summed E-state index contributed by atoms with van der Waals surface area (Å²) in [5, 5.41) is 0. The van der Waals surface area contributed by atoms with E-state index in [-0.39, 0.29) is 0 Å². The van der Waals surface area contributed by atoms with E-state index in [1.165, 1.54) is 39.6 Å². The molecule has 76 valence electrons. The molecule has 0 aromatic carbocycles. The molecule has 4 aliphatic rings. The number of halogens is 2. The van der Waals surface area contributed by atoms with Crippen molar-refractivity contribution < 1.29 is 0 Å². The van der Waals surface area contributed by atoms with Crippen molar-refractivity contribution in [2.75, 3.05) is 44.6 Å². The summed E-state index contributed by atoms with van der Waals surface area (Å²) in [5.74, 6) is 0. The third-order valence-corrected chi connectivity index (χ3v) is 3.47. The fourth-order valence-corrected chi connectivity index (χ4v) is 3.70. The molecule has 0 amide bonds. The summed E-state index contributed by atoms with van der Waals surface area (Å²) in [5.41, 5.74) is 0. The van der Waals surface area contributed by atoms with Crippen LogP contribution in [0.25, 0.3) is 0 Å². The van der Waals surface area contributed by atoms with E-state index < -0.39 is 0 Å². The van der Waals surface area contributed by atoms with Crippen LogP contribution in [0, 0.1) is 0 Å². The van der Waals surface area contributed by atoms with E-state index >= 15 is 0 Å². The van der Waals surface area contributed by atoms with Crippen LogP contribution in [0.5, 0.6) is 0 Å². The van der Waals surface area contributed by atoms with Crippen LogP contribution in [0.15, 0.2) is 0 Å². The average molecular weight is 360 g/mol. The molecule has 0 aromatic rings. The standard InChI is InChI=1S/C7H12BrN3.CH3I/c8-7-1-9-4-10(2-7)6-11(3-7)5-9;1-2/h1-6H2;1H3. The van der Waals surface area contributed by atoms with E-state index in [9.17, 15) is 0 Å². The maximum absolute atomic E-state index is 3.83. The molecular formula is C8H15BrIN3. The molecule has 4 bridgehead atoms. The predicted molar refractivity (Wildman–Crippen MR) is 66.3 cm³/mol. The quantitative estimate of drug-likeness (QED) is 0.472. The van der Waals surface area contributed by atoms with Crippen LogP contribution in [0.3, 0.4) is 0 Å².